The lowest BCUT2D eigenvalue weighted by Crippen LogP contribution is -2.40. The minimum Gasteiger partial charge on any atom is -0.356 e. The number of nitrogens with zero attached hydrogens (tertiary/aromatic N) is 4. The first-order valence-corrected chi connectivity index (χ1v) is 10.1. The second kappa shape index (κ2) is 7.86. The van der Waals surface area contributed by atoms with Crippen LogP contribution in [-0.2, 0) is 24.2 Å². The van der Waals surface area contributed by atoms with Crippen LogP contribution < -0.4 is 4.90 Å². The number of carbonyl (C=O) groups is 1. The van der Waals surface area contributed by atoms with Gasteiger partial charge in [-0.3, -0.25) is 4.79 Å². The van der Waals surface area contributed by atoms with Crippen LogP contribution in [-0.4, -0.2) is 40.4 Å². The van der Waals surface area contributed by atoms with Crippen LogP contribution in [0.5, 0.6) is 0 Å². The summed E-state index contributed by atoms with van der Waals surface area (Å²) in [5.74, 6) is 2.35. The van der Waals surface area contributed by atoms with E-state index < -0.39 is 0 Å². The fourth-order valence-corrected chi connectivity index (χ4v) is 4.10. The molecule has 0 aliphatic carbocycles. The predicted molar refractivity (Wildman–Crippen MR) is 107 cm³/mol. The average Bonchev–Trinajstić information content (AvgIpc) is 2.69. The van der Waals surface area contributed by atoms with E-state index >= 15 is 0 Å². The molecule has 0 unspecified atom stereocenters. The number of hydrogen-bond donors (Lipinski definition) is 0. The van der Waals surface area contributed by atoms with Crippen LogP contribution in [0.3, 0.4) is 0 Å². The minimum atomic E-state index is -0.281. The second-order valence-corrected chi connectivity index (χ2v) is 8.06. The molecule has 0 atom stereocenters. The first-order valence-electron chi connectivity index (χ1n) is 10.1. The zero-order valence-electron chi connectivity index (χ0n) is 16.6. The number of fused-ring (bicyclic) bond motifs is 1. The van der Waals surface area contributed by atoms with Gasteiger partial charge in [0.2, 0.25) is 5.91 Å². The van der Waals surface area contributed by atoms with Gasteiger partial charge in [0.05, 0.1) is 18.7 Å². The number of halogens is 1. The first-order chi connectivity index (χ1) is 13.5. The van der Waals surface area contributed by atoms with Crippen LogP contribution in [0.25, 0.3) is 0 Å². The largest absolute Gasteiger partial charge is 0.356 e. The van der Waals surface area contributed by atoms with Gasteiger partial charge < -0.3 is 9.80 Å². The number of hydrogen-bond acceptors (Lipinski definition) is 4. The van der Waals surface area contributed by atoms with Crippen molar-refractivity contribution in [2.24, 2.45) is 5.92 Å². The van der Waals surface area contributed by atoms with Crippen LogP contribution in [0.2, 0.25) is 0 Å². The van der Waals surface area contributed by atoms with Crippen LogP contribution >= 0.6 is 0 Å². The van der Waals surface area contributed by atoms with Crippen LogP contribution in [0.4, 0.5) is 10.2 Å². The van der Waals surface area contributed by atoms with Crippen molar-refractivity contribution in [2.75, 3.05) is 24.5 Å². The Hall–Kier alpha value is -2.50. The van der Waals surface area contributed by atoms with Gasteiger partial charge in [0, 0.05) is 31.6 Å². The Morgan fingerprint density at radius 1 is 1.14 bits per heavy atom. The van der Waals surface area contributed by atoms with Gasteiger partial charge in [-0.1, -0.05) is 19.1 Å². The average molecular weight is 382 g/mol. The lowest BCUT2D eigenvalue weighted by molar-refractivity contribution is -0.131. The number of aryl methyl sites for hydroxylation is 1. The fourth-order valence-electron chi connectivity index (χ4n) is 4.10. The molecule has 1 fully saturated rings. The highest BCUT2D eigenvalue weighted by atomic mass is 19.1. The summed E-state index contributed by atoms with van der Waals surface area (Å²) in [7, 11) is 0. The third kappa shape index (κ3) is 4.01. The number of piperidine rings is 1. The van der Waals surface area contributed by atoms with Gasteiger partial charge in [0.1, 0.15) is 17.5 Å². The van der Waals surface area contributed by atoms with Crippen molar-refractivity contribution in [1.82, 2.24) is 14.9 Å². The maximum atomic E-state index is 13.1. The SMILES string of the molecule is Cc1nc2c(c(N3CCC(C)CC3)n1)CN(C(=O)Cc1ccc(F)cc1)CC2. The van der Waals surface area contributed by atoms with Crippen LogP contribution in [0.15, 0.2) is 24.3 Å². The molecule has 2 aliphatic rings. The molecule has 0 radical (unpaired) electrons. The number of carbonyl (C=O) groups excluding carboxylic acids is 1. The topological polar surface area (TPSA) is 49.3 Å². The number of anilines is 1. The highest BCUT2D eigenvalue weighted by Gasteiger charge is 2.28. The molecule has 148 valence electrons. The summed E-state index contributed by atoms with van der Waals surface area (Å²) in [6.45, 7) is 7.48. The summed E-state index contributed by atoms with van der Waals surface area (Å²) in [4.78, 5) is 26.5. The Morgan fingerprint density at radius 2 is 1.86 bits per heavy atom. The summed E-state index contributed by atoms with van der Waals surface area (Å²) < 4.78 is 13.1. The minimum absolute atomic E-state index is 0.0658. The van der Waals surface area contributed by atoms with Gasteiger partial charge in [-0.05, 0) is 43.4 Å². The van der Waals surface area contributed by atoms with Gasteiger partial charge in [0.15, 0.2) is 0 Å². The number of amides is 1. The molecule has 2 aromatic rings. The fraction of sp³-hybridized carbons (Fsp3) is 0.500. The zero-order chi connectivity index (χ0) is 19.7. The number of benzene rings is 1. The maximum Gasteiger partial charge on any atom is 0.227 e. The molecule has 3 heterocycles. The third-order valence-corrected chi connectivity index (χ3v) is 5.85. The van der Waals surface area contributed by atoms with Crippen LogP contribution in [0.1, 0.15) is 42.4 Å². The van der Waals surface area contributed by atoms with Gasteiger partial charge in [-0.15, -0.1) is 0 Å². The third-order valence-electron chi connectivity index (χ3n) is 5.85. The van der Waals surface area contributed by atoms with E-state index in [0.29, 0.717) is 19.5 Å². The lowest BCUT2D eigenvalue weighted by Gasteiger charge is -2.36. The standard InChI is InChI=1S/C22H27FN4O/c1-15-7-10-26(11-8-15)22-19-14-27(12-9-20(19)24-16(2)25-22)21(28)13-17-3-5-18(23)6-4-17/h3-6,15H,7-14H2,1-2H3. The molecule has 1 saturated heterocycles. The Balaban J connectivity index is 1.53. The van der Waals surface area contributed by atoms with Gasteiger partial charge >= 0.3 is 0 Å². The second-order valence-electron chi connectivity index (χ2n) is 8.06. The highest BCUT2D eigenvalue weighted by Crippen LogP contribution is 2.30. The van der Waals surface area contributed by atoms with E-state index in [2.05, 4.69) is 16.8 Å². The van der Waals surface area contributed by atoms with E-state index in [9.17, 15) is 9.18 Å². The molecule has 1 amide bonds. The summed E-state index contributed by atoms with van der Waals surface area (Å²) in [5.41, 5.74) is 3.01. The predicted octanol–water partition coefficient (Wildman–Crippen LogP) is 3.29. The molecule has 4 rings (SSSR count). The molecule has 0 bridgehead atoms. The molecule has 2 aliphatic heterocycles. The normalized spacial score (nSPS) is 17.5. The molecular formula is C22H27FN4O. The van der Waals surface area contributed by atoms with Crippen molar-refractivity contribution in [3.8, 4) is 0 Å². The zero-order valence-corrected chi connectivity index (χ0v) is 16.6. The molecule has 1 aromatic carbocycles. The summed E-state index contributed by atoms with van der Waals surface area (Å²) in [5, 5.41) is 0. The van der Waals surface area contributed by atoms with Crippen molar-refractivity contribution in [3.63, 3.8) is 0 Å². The van der Waals surface area contributed by atoms with E-state index in [0.717, 1.165) is 53.9 Å². The van der Waals surface area contributed by atoms with Crippen molar-refractivity contribution < 1.29 is 9.18 Å². The Bertz CT molecular complexity index is 860. The summed E-state index contributed by atoms with van der Waals surface area (Å²) in [6, 6.07) is 6.16. The smallest absolute Gasteiger partial charge is 0.227 e. The molecule has 0 spiro atoms. The number of rotatable bonds is 3. The van der Waals surface area contributed by atoms with Crippen molar-refractivity contribution in [2.45, 2.75) is 46.1 Å². The Labute approximate surface area is 165 Å². The number of aromatic nitrogens is 2. The van der Waals surface area contributed by atoms with Gasteiger partial charge in [0.25, 0.3) is 0 Å². The first kappa shape index (κ1) is 18.8. The molecule has 28 heavy (non-hydrogen) atoms. The quantitative estimate of drug-likeness (QED) is 0.817. The molecule has 5 nitrogen and oxygen atoms in total. The molecule has 0 saturated carbocycles. The maximum absolute atomic E-state index is 13.1. The highest BCUT2D eigenvalue weighted by molar-refractivity contribution is 5.79. The van der Waals surface area contributed by atoms with Crippen molar-refractivity contribution >= 4 is 11.7 Å². The van der Waals surface area contributed by atoms with E-state index in [4.69, 9.17) is 4.98 Å². The van der Waals surface area contributed by atoms with Crippen molar-refractivity contribution in [3.05, 3.63) is 52.7 Å². The molecular weight excluding hydrogens is 355 g/mol. The Kier molecular flexibility index (Phi) is 5.29. The van der Waals surface area contributed by atoms with Crippen LogP contribution in [0, 0.1) is 18.7 Å². The molecule has 6 heteroatoms. The summed E-state index contributed by atoms with van der Waals surface area (Å²) in [6.07, 6.45) is 3.39. The van der Waals surface area contributed by atoms with E-state index in [1.807, 2.05) is 11.8 Å². The van der Waals surface area contributed by atoms with E-state index in [1.165, 1.54) is 25.0 Å². The monoisotopic (exact) mass is 382 g/mol. The van der Waals surface area contributed by atoms with Crippen molar-refractivity contribution in [1.29, 1.82) is 0 Å². The van der Waals surface area contributed by atoms with Gasteiger partial charge in [-0.25, -0.2) is 14.4 Å². The van der Waals surface area contributed by atoms with E-state index in [1.54, 1.807) is 12.1 Å². The molecule has 1 aromatic heterocycles. The molecule has 0 N–H and O–H groups in total. The summed E-state index contributed by atoms with van der Waals surface area (Å²) >= 11 is 0. The Morgan fingerprint density at radius 3 is 2.57 bits per heavy atom. The van der Waals surface area contributed by atoms with E-state index in [-0.39, 0.29) is 11.7 Å². The lowest BCUT2D eigenvalue weighted by atomic mass is 9.98. The van der Waals surface area contributed by atoms with Gasteiger partial charge in [-0.2, -0.15) is 0 Å².